The van der Waals surface area contributed by atoms with Crippen LogP contribution in [-0.2, 0) is 4.79 Å². The molecule has 2 aromatic rings. The Morgan fingerprint density at radius 3 is 2.59 bits per heavy atom. The number of para-hydroxylation sites is 1. The first-order chi connectivity index (χ1) is 13.2. The van der Waals surface area contributed by atoms with Crippen molar-refractivity contribution in [1.82, 2.24) is 15.2 Å². The van der Waals surface area contributed by atoms with Crippen LogP contribution in [0.15, 0.2) is 54.9 Å². The zero-order valence-electron chi connectivity index (χ0n) is 15.3. The molecule has 1 N–H and O–H groups in total. The molecular weight excluding hydrogens is 342 g/mol. The summed E-state index contributed by atoms with van der Waals surface area (Å²) in [5, 5.41) is 3.03. The Bertz CT molecular complexity index is 729. The minimum Gasteiger partial charge on any atom is -0.494 e. The summed E-state index contributed by atoms with van der Waals surface area (Å²) in [5.41, 5.74) is 0.564. The monoisotopic (exact) mass is 367 g/mol. The van der Waals surface area contributed by atoms with Gasteiger partial charge in [0, 0.05) is 37.9 Å². The average molecular weight is 367 g/mol. The largest absolute Gasteiger partial charge is 0.494 e. The summed E-state index contributed by atoms with van der Waals surface area (Å²) in [6.07, 6.45) is 5.94. The molecule has 0 aliphatic carbocycles. The van der Waals surface area contributed by atoms with E-state index in [1.54, 1.807) is 24.5 Å². The van der Waals surface area contributed by atoms with E-state index < -0.39 is 0 Å². The molecular formula is C21H25N3O3. The maximum atomic E-state index is 12.3. The van der Waals surface area contributed by atoms with Gasteiger partial charge in [0.2, 0.25) is 5.91 Å². The van der Waals surface area contributed by atoms with E-state index >= 15 is 0 Å². The summed E-state index contributed by atoms with van der Waals surface area (Å²) in [6.45, 7) is 1.89. The van der Waals surface area contributed by atoms with E-state index in [1.807, 2.05) is 35.2 Å². The molecule has 2 heterocycles. The lowest BCUT2D eigenvalue weighted by Crippen LogP contribution is -2.46. The third kappa shape index (κ3) is 5.81. The molecule has 1 aliphatic heterocycles. The molecule has 1 aromatic heterocycles. The van der Waals surface area contributed by atoms with Gasteiger partial charge in [-0.1, -0.05) is 18.2 Å². The smallest absolute Gasteiger partial charge is 0.253 e. The molecule has 1 aliphatic rings. The second-order valence-corrected chi connectivity index (χ2v) is 6.64. The predicted molar refractivity (Wildman–Crippen MR) is 102 cm³/mol. The highest BCUT2D eigenvalue weighted by molar-refractivity contribution is 5.94. The summed E-state index contributed by atoms with van der Waals surface area (Å²) in [5.74, 6) is 0.879. The second kappa shape index (κ2) is 9.71. The van der Waals surface area contributed by atoms with E-state index in [1.165, 1.54) is 0 Å². The summed E-state index contributed by atoms with van der Waals surface area (Å²) < 4.78 is 5.62. The molecule has 0 radical (unpaired) electrons. The fourth-order valence-electron chi connectivity index (χ4n) is 3.13. The van der Waals surface area contributed by atoms with Crippen LogP contribution in [0.2, 0.25) is 0 Å². The van der Waals surface area contributed by atoms with Crippen molar-refractivity contribution in [1.29, 1.82) is 0 Å². The van der Waals surface area contributed by atoms with E-state index in [0.29, 0.717) is 38.1 Å². The Morgan fingerprint density at radius 2 is 1.89 bits per heavy atom. The predicted octanol–water partition coefficient (Wildman–Crippen LogP) is 2.66. The topological polar surface area (TPSA) is 71.5 Å². The molecule has 0 saturated carbocycles. The SMILES string of the molecule is O=C(NC1CCN(C(=O)CCCOc2ccccc2)CC1)c1cccnc1. The molecule has 3 rings (SSSR count). The highest BCUT2D eigenvalue weighted by Gasteiger charge is 2.23. The summed E-state index contributed by atoms with van der Waals surface area (Å²) in [7, 11) is 0. The number of pyridine rings is 1. The molecule has 1 fully saturated rings. The Labute approximate surface area is 159 Å². The maximum Gasteiger partial charge on any atom is 0.253 e. The van der Waals surface area contributed by atoms with Crippen molar-refractivity contribution in [3.05, 3.63) is 60.4 Å². The van der Waals surface area contributed by atoms with Gasteiger partial charge in [-0.15, -0.1) is 0 Å². The molecule has 142 valence electrons. The van der Waals surface area contributed by atoms with Crippen molar-refractivity contribution in [2.75, 3.05) is 19.7 Å². The fourth-order valence-corrected chi connectivity index (χ4v) is 3.13. The lowest BCUT2D eigenvalue weighted by atomic mass is 10.0. The molecule has 6 heteroatoms. The summed E-state index contributed by atoms with van der Waals surface area (Å²) >= 11 is 0. The number of carbonyl (C=O) groups is 2. The molecule has 0 unspecified atom stereocenters. The van der Waals surface area contributed by atoms with Crippen molar-refractivity contribution in [2.45, 2.75) is 31.7 Å². The van der Waals surface area contributed by atoms with Crippen LogP contribution in [0.3, 0.4) is 0 Å². The molecule has 1 aromatic carbocycles. The van der Waals surface area contributed by atoms with Gasteiger partial charge in [0.15, 0.2) is 0 Å². The van der Waals surface area contributed by atoms with Crippen LogP contribution < -0.4 is 10.1 Å². The summed E-state index contributed by atoms with van der Waals surface area (Å²) in [6, 6.07) is 13.2. The normalized spacial score (nSPS) is 14.6. The lowest BCUT2D eigenvalue weighted by molar-refractivity contribution is -0.132. The lowest BCUT2D eigenvalue weighted by Gasteiger charge is -2.32. The number of piperidine rings is 1. The Balaban J connectivity index is 1.33. The van der Waals surface area contributed by atoms with Crippen LogP contribution >= 0.6 is 0 Å². The first-order valence-corrected chi connectivity index (χ1v) is 9.39. The quantitative estimate of drug-likeness (QED) is 0.764. The minimum atomic E-state index is -0.106. The number of rotatable bonds is 7. The molecule has 2 amide bonds. The van der Waals surface area contributed by atoms with Crippen molar-refractivity contribution >= 4 is 11.8 Å². The Kier molecular flexibility index (Phi) is 6.79. The molecule has 0 atom stereocenters. The van der Waals surface area contributed by atoms with Crippen LogP contribution in [0, 0.1) is 0 Å². The molecule has 0 spiro atoms. The van der Waals surface area contributed by atoms with E-state index in [0.717, 1.165) is 18.6 Å². The van der Waals surface area contributed by atoms with Gasteiger partial charge in [-0.2, -0.15) is 0 Å². The average Bonchev–Trinajstić information content (AvgIpc) is 2.73. The molecule has 1 saturated heterocycles. The van der Waals surface area contributed by atoms with Gasteiger partial charge >= 0.3 is 0 Å². The Hall–Kier alpha value is -2.89. The standard InChI is InChI=1S/C21H25N3O3/c25-20(9-5-15-27-19-7-2-1-3-8-19)24-13-10-18(11-14-24)23-21(26)17-6-4-12-22-16-17/h1-4,6-8,12,16,18H,5,9-11,13-15H2,(H,23,26). The maximum absolute atomic E-state index is 12.3. The van der Waals surface area contributed by atoms with Crippen LogP contribution in [0.1, 0.15) is 36.0 Å². The first-order valence-electron chi connectivity index (χ1n) is 9.39. The van der Waals surface area contributed by atoms with Gasteiger partial charge in [0.25, 0.3) is 5.91 Å². The van der Waals surface area contributed by atoms with Crippen LogP contribution in [0.25, 0.3) is 0 Å². The number of hydrogen-bond donors (Lipinski definition) is 1. The van der Waals surface area contributed by atoms with Crippen LogP contribution in [0.4, 0.5) is 0 Å². The number of nitrogens with zero attached hydrogens (tertiary/aromatic N) is 2. The fraction of sp³-hybridized carbons (Fsp3) is 0.381. The van der Waals surface area contributed by atoms with E-state index in [4.69, 9.17) is 4.74 Å². The number of aromatic nitrogens is 1. The summed E-state index contributed by atoms with van der Waals surface area (Å²) in [4.78, 5) is 30.4. The number of carbonyl (C=O) groups excluding carboxylic acids is 2. The van der Waals surface area contributed by atoms with Gasteiger partial charge in [0.1, 0.15) is 5.75 Å². The number of amides is 2. The third-order valence-corrected chi connectivity index (χ3v) is 4.65. The molecule has 0 bridgehead atoms. The molecule has 6 nitrogen and oxygen atoms in total. The van der Waals surface area contributed by atoms with E-state index in [2.05, 4.69) is 10.3 Å². The van der Waals surface area contributed by atoms with Gasteiger partial charge in [-0.25, -0.2) is 0 Å². The van der Waals surface area contributed by atoms with Crippen molar-refractivity contribution in [3.8, 4) is 5.75 Å². The number of hydrogen-bond acceptors (Lipinski definition) is 4. The van der Waals surface area contributed by atoms with Crippen LogP contribution in [0.5, 0.6) is 5.75 Å². The molecule has 27 heavy (non-hydrogen) atoms. The van der Waals surface area contributed by atoms with Crippen LogP contribution in [-0.4, -0.2) is 47.4 Å². The number of nitrogens with one attached hydrogen (secondary N) is 1. The first kappa shape index (κ1) is 18.9. The second-order valence-electron chi connectivity index (χ2n) is 6.64. The Morgan fingerprint density at radius 1 is 1.11 bits per heavy atom. The highest BCUT2D eigenvalue weighted by atomic mass is 16.5. The highest BCUT2D eigenvalue weighted by Crippen LogP contribution is 2.14. The number of ether oxygens (including phenoxy) is 1. The van der Waals surface area contributed by atoms with Crippen molar-refractivity contribution < 1.29 is 14.3 Å². The van der Waals surface area contributed by atoms with Crippen molar-refractivity contribution in [3.63, 3.8) is 0 Å². The minimum absolute atomic E-state index is 0.100. The number of likely N-dealkylation sites (tertiary alicyclic amines) is 1. The van der Waals surface area contributed by atoms with Gasteiger partial charge in [-0.05, 0) is 43.5 Å². The van der Waals surface area contributed by atoms with Gasteiger partial charge in [0.05, 0.1) is 12.2 Å². The number of benzene rings is 1. The van der Waals surface area contributed by atoms with E-state index in [9.17, 15) is 9.59 Å². The zero-order chi connectivity index (χ0) is 18.9. The van der Waals surface area contributed by atoms with Gasteiger partial charge < -0.3 is 15.0 Å². The van der Waals surface area contributed by atoms with E-state index in [-0.39, 0.29) is 17.9 Å². The zero-order valence-corrected chi connectivity index (χ0v) is 15.3. The van der Waals surface area contributed by atoms with Gasteiger partial charge in [-0.3, -0.25) is 14.6 Å². The third-order valence-electron chi connectivity index (χ3n) is 4.65. The van der Waals surface area contributed by atoms with Crippen molar-refractivity contribution in [2.24, 2.45) is 0 Å².